The summed E-state index contributed by atoms with van der Waals surface area (Å²) < 4.78 is 5.35. The van der Waals surface area contributed by atoms with Crippen molar-refractivity contribution < 1.29 is 14.7 Å². The zero-order valence-electron chi connectivity index (χ0n) is 10.00. The molecule has 1 fully saturated rings. The number of morpholine rings is 1. The second kappa shape index (κ2) is 5.36. The van der Waals surface area contributed by atoms with Gasteiger partial charge in [0.05, 0.1) is 18.0 Å². The molecule has 98 valence electrons. The number of oxime groups is 1. The molecule has 0 bridgehead atoms. The molecule has 1 aromatic rings. The summed E-state index contributed by atoms with van der Waals surface area (Å²) in [7, 11) is 0. The zero-order valence-corrected chi connectivity index (χ0v) is 10.8. The lowest BCUT2D eigenvalue weighted by Gasteiger charge is -2.31. The number of carbonyl (C=O) groups excluding carboxylic acids is 1. The highest BCUT2D eigenvalue weighted by molar-refractivity contribution is 7.13. The van der Waals surface area contributed by atoms with E-state index < -0.39 is 6.10 Å². The molecular weight excluding hydrogens is 254 g/mol. The van der Waals surface area contributed by atoms with E-state index in [1.54, 1.807) is 4.90 Å². The number of aryl methyl sites for hydroxylation is 1. The average molecular weight is 269 g/mol. The van der Waals surface area contributed by atoms with Crippen molar-refractivity contribution in [3.05, 3.63) is 21.9 Å². The molecule has 0 aromatic carbocycles. The van der Waals surface area contributed by atoms with Crippen LogP contribution in [0, 0.1) is 6.92 Å². The van der Waals surface area contributed by atoms with Gasteiger partial charge in [-0.2, -0.15) is 0 Å². The summed E-state index contributed by atoms with van der Waals surface area (Å²) in [6.07, 6.45) is -0.534. The van der Waals surface area contributed by atoms with Gasteiger partial charge in [-0.05, 0) is 19.1 Å². The minimum absolute atomic E-state index is 0.00476. The molecule has 0 saturated carbocycles. The molecule has 1 amide bonds. The van der Waals surface area contributed by atoms with Crippen molar-refractivity contribution in [3.63, 3.8) is 0 Å². The van der Waals surface area contributed by atoms with Gasteiger partial charge in [0.1, 0.15) is 6.10 Å². The van der Waals surface area contributed by atoms with E-state index >= 15 is 0 Å². The van der Waals surface area contributed by atoms with Gasteiger partial charge in [-0.3, -0.25) is 4.79 Å². The van der Waals surface area contributed by atoms with Crippen molar-refractivity contribution in [3.8, 4) is 0 Å². The third kappa shape index (κ3) is 2.62. The lowest BCUT2D eigenvalue weighted by atomic mass is 10.2. The number of nitrogens with zero attached hydrogens (tertiary/aromatic N) is 2. The minimum atomic E-state index is -0.534. The molecule has 3 N–H and O–H groups in total. The van der Waals surface area contributed by atoms with Crippen LogP contribution in [-0.2, 0) is 4.74 Å². The Morgan fingerprint density at radius 2 is 2.44 bits per heavy atom. The Balaban J connectivity index is 2.07. The lowest BCUT2D eigenvalue weighted by Crippen LogP contribution is -2.50. The van der Waals surface area contributed by atoms with Gasteiger partial charge >= 0.3 is 0 Å². The van der Waals surface area contributed by atoms with E-state index in [4.69, 9.17) is 15.7 Å². The summed E-state index contributed by atoms with van der Waals surface area (Å²) in [5, 5.41) is 11.5. The lowest BCUT2D eigenvalue weighted by molar-refractivity contribution is 0.00699. The molecule has 1 atom stereocenters. The molecular formula is C11H15N3O3S. The Kier molecular flexibility index (Phi) is 3.83. The number of nitrogens with two attached hydrogens (primary N) is 1. The fourth-order valence-electron chi connectivity index (χ4n) is 1.78. The minimum Gasteiger partial charge on any atom is -0.409 e. The molecule has 1 aliphatic rings. The molecule has 1 unspecified atom stereocenters. The SMILES string of the molecule is Cc1ccc(C(=O)N2CCOC(/C(N)=N/O)C2)s1. The molecule has 18 heavy (non-hydrogen) atoms. The van der Waals surface area contributed by atoms with E-state index in [0.717, 1.165) is 4.88 Å². The first-order valence-corrected chi connectivity index (χ1v) is 6.38. The number of hydrogen-bond donors (Lipinski definition) is 2. The van der Waals surface area contributed by atoms with Gasteiger partial charge in [0.2, 0.25) is 0 Å². The van der Waals surface area contributed by atoms with Crippen molar-refractivity contribution in [2.75, 3.05) is 19.7 Å². The van der Waals surface area contributed by atoms with Crippen LogP contribution >= 0.6 is 11.3 Å². The highest BCUT2D eigenvalue weighted by Gasteiger charge is 2.28. The number of ether oxygens (including phenoxy) is 1. The number of thiophene rings is 1. The smallest absolute Gasteiger partial charge is 0.264 e. The average Bonchev–Trinajstić information content (AvgIpc) is 2.83. The molecule has 2 heterocycles. The first kappa shape index (κ1) is 12.8. The Bertz CT molecular complexity index is 472. The van der Waals surface area contributed by atoms with Crippen molar-refractivity contribution in [1.29, 1.82) is 0 Å². The van der Waals surface area contributed by atoms with E-state index in [1.165, 1.54) is 11.3 Å². The van der Waals surface area contributed by atoms with Crippen molar-refractivity contribution in [2.45, 2.75) is 13.0 Å². The van der Waals surface area contributed by atoms with E-state index in [9.17, 15) is 4.79 Å². The Labute approximate surface area is 109 Å². The van der Waals surface area contributed by atoms with E-state index in [-0.39, 0.29) is 11.7 Å². The summed E-state index contributed by atoms with van der Waals surface area (Å²) in [6.45, 7) is 3.17. The fraction of sp³-hybridized carbons (Fsp3) is 0.455. The van der Waals surface area contributed by atoms with Gasteiger partial charge in [0, 0.05) is 11.4 Å². The van der Waals surface area contributed by atoms with Crippen molar-refractivity contribution in [1.82, 2.24) is 4.90 Å². The summed E-state index contributed by atoms with van der Waals surface area (Å²) in [5.74, 6) is -0.0398. The molecule has 7 heteroatoms. The second-order valence-electron chi connectivity index (χ2n) is 4.05. The fourth-order valence-corrected chi connectivity index (χ4v) is 2.62. The van der Waals surface area contributed by atoms with Gasteiger partial charge in [-0.1, -0.05) is 5.16 Å². The number of amides is 1. The maximum Gasteiger partial charge on any atom is 0.264 e. The van der Waals surface area contributed by atoms with Crippen LogP contribution in [0.4, 0.5) is 0 Å². The standard InChI is InChI=1S/C11H15N3O3S/c1-7-2-3-9(18-7)11(15)14-4-5-17-8(6-14)10(12)13-16/h2-3,8,16H,4-6H2,1H3,(H2,12,13). The monoisotopic (exact) mass is 269 g/mol. The summed E-state index contributed by atoms with van der Waals surface area (Å²) in [5.41, 5.74) is 5.49. The van der Waals surface area contributed by atoms with Crippen LogP contribution in [0.1, 0.15) is 14.5 Å². The number of amidine groups is 1. The molecule has 1 aliphatic heterocycles. The van der Waals surface area contributed by atoms with Crippen LogP contribution in [0.25, 0.3) is 0 Å². The van der Waals surface area contributed by atoms with Gasteiger partial charge in [-0.15, -0.1) is 11.3 Å². The van der Waals surface area contributed by atoms with Crippen LogP contribution in [0.5, 0.6) is 0 Å². The summed E-state index contributed by atoms with van der Waals surface area (Å²) in [4.78, 5) is 15.7. The van der Waals surface area contributed by atoms with Crippen LogP contribution in [0.15, 0.2) is 17.3 Å². The Morgan fingerprint density at radius 1 is 1.67 bits per heavy atom. The summed E-state index contributed by atoms with van der Waals surface area (Å²) in [6, 6.07) is 3.73. The van der Waals surface area contributed by atoms with E-state index in [2.05, 4.69) is 5.16 Å². The number of hydrogen-bond acceptors (Lipinski definition) is 5. The maximum absolute atomic E-state index is 12.2. The highest BCUT2D eigenvalue weighted by atomic mass is 32.1. The van der Waals surface area contributed by atoms with Crippen LogP contribution in [0.2, 0.25) is 0 Å². The van der Waals surface area contributed by atoms with Crippen LogP contribution in [-0.4, -0.2) is 47.7 Å². The molecule has 1 aromatic heterocycles. The first-order valence-electron chi connectivity index (χ1n) is 5.56. The first-order chi connectivity index (χ1) is 8.61. The molecule has 1 saturated heterocycles. The largest absolute Gasteiger partial charge is 0.409 e. The Morgan fingerprint density at radius 3 is 3.06 bits per heavy atom. The maximum atomic E-state index is 12.2. The molecule has 6 nitrogen and oxygen atoms in total. The number of carbonyl (C=O) groups is 1. The van der Waals surface area contributed by atoms with E-state index in [0.29, 0.717) is 24.6 Å². The van der Waals surface area contributed by atoms with E-state index in [1.807, 2.05) is 19.1 Å². The number of rotatable bonds is 2. The third-order valence-electron chi connectivity index (χ3n) is 2.75. The van der Waals surface area contributed by atoms with Crippen molar-refractivity contribution >= 4 is 23.1 Å². The van der Waals surface area contributed by atoms with Gasteiger partial charge in [0.15, 0.2) is 5.84 Å². The second-order valence-corrected chi connectivity index (χ2v) is 5.33. The topological polar surface area (TPSA) is 88.2 Å². The zero-order chi connectivity index (χ0) is 13.1. The molecule has 2 rings (SSSR count). The van der Waals surface area contributed by atoms with Gasteiger partial charge in [0.25, 0.3) is 5.91 Å². The van der Waals surface area contributed by atoms with Crippen molar-refractivity contribution in [2.24, 2.45) is 10.9 Å². The van der Waals surface area contributed by atoms with Crippen LogP contribution in [0.3, 0.4) is 0 Å². The quantitative estimate of drug-likeness (QED) is 0.357. The van der Waals surface area contributed by atoms with Crippen LogP contribution < -0.4 is 5.73 Å². The normalized spacial score (nSPS) is 21.1. The molecule has 0 radical (unpaired) electrons. The predicted octanol–water partition coefficient (Wildman–Crippen LogP) is 0.644. The molecule has 0 aliphatic carbocycles. The summed E-state index contributed by atoms with van der Waals surface area (Å²) >= 11 is 1.46. The van der Waals surface area contributed by atoms with Gasteiger partial charge in [-0.25, -0.2) is 0 Å². The van der Waals surface area contributed by atoms with Gasteiger partial charge < -0.3 is 20.6 Å². The molecule has 0 spiro atoms. The third-order valence-corrected chi connectivity index (χ3v) is 3.74. The highest BCUT2D eigenvalue weighted by Crippen LogP contribution is 2.18. The predicted molar refractivity (Wildman–Crippen MR) is 68.1 cm³/mol. The Hall–Kier alpha value is -1.60.